The summed E-state index contributed by atoms with van der Waals surface area (Å²) in [6, 6.07) is 11.6. The standard InChI is InChI=1S/C29H39N5O3.C2H6.CH3.Nd/c1-18-20-9-5-6-10-21(20)33-22(18)16-29-17-34(14-8-4-3-7-13-32-27(30)31)24(28(29,2)37)15-19-11-12-23(35)26(36)25(19)29;1-2;;/h5-6,9-12,24,33,35-37H,3-4,7-8,13-17H2,1-2H3,(H4,30,31,32);1-2H3;1H3;/q;;-1;. The number of fused-ring (bicyclic) bond motifs is 5. The number of benzene rings is 2. The SMILES string of the molecule is CC.Cc1c(CC23CN(CCCCCCN=C(N)N)C(Cc4ccc(O)c(O)c42)C3(C)O)[nH]c2ccccc12.[CH3-].[Nd]. The van der Waals surface area contributed by atoms with Crippen molar-refractivity contribution in [2.75, 3.05) is 19.6 Å². The van der Waals surface area contributed by atoms with Crippen LogP contribution in [0.4, 0.5) is 0 Å². The number of nitrogens with two attached hydrogens (primary N) is 2. The number of hydrogen-bond acceptors (Lipinski definition) is 5. The molecule has 0 spiro atoms. The van der Waals surface area contributed by atoms with Crippen molar-refractivity contribution in [3.05, 3.63) is 66.2 Å². The molecule has 0 saturated carbocycles. The number of rotatable bonds is 9. The van der Waals surface area contributed by atoms with Crippen molar-refractivity contribution in [2.45, 2.75) is 83.3 Å². The molecule has 1 aliphatic heterocycles. The molecule has 5 rings (SSSR count). The number of guanidine groups is 1. The number of likely N-dealkylation sites (tertiary alicyclic amines) is 1. The normalized spacial score (nSPS) is 22.6. The number of H-pyrrole nitrogens is 1. The second kappa shape index (κ2) is 14.5. The topological polar surface area (TPSA) is 144 Å². The van der Waals surface area contributed by atoms with Gasteiger partial charge in [-0.05, 0) is 62.9 Å². The number of para-hydroxylation sites is 1. The van der Waals surface area contributed by atoms with Crippen LogP contribution in [-0.2, 0) is 18.3 Å². The minimum absolute atomic E-state index is 0. The van der Waals surface area contributed by atoms with Crippen molar-refractivity contribution < 1.29 is 56.2 Å². The van der Waals surface area contributed by atoms with Crippen LogP contribution in [0.25, 0.3) is 10.9 Å². The fourth-order valence-corrected chi connectivity index (χ4v) is 6.85. The van der Waals surface area contributed by atoms with Crippen molar-refractivity contribution in [3.63, 3.8) is 0 Å². The minimum Gasteiger partial charge on any atom is -0.504 e. The van der Waals surface area contributed by atoms with Gasteiger partial charge in [-0.15, -0.1) is 0 Å². The van der Waals surface area contributed by atoms with E-state index in [1.165, 1.54) is 0 Å². The zero-order valence-electron chi connectivity index (χ0n) is 25.3. The smallest absolute Gasteiger partial charge is 0.185 e. The Morgan fingerprint density at radius 1 is 1.07 bits per heavy atom. The summed E-state index contributed by atoms with van der Waals surface area (Å²) >= 11 is 0. The van der Waals surface area contributed by atoms with Crippen molar-refractivity contribution in [1.82, 2.24) is 9.88 Å². The van der Waals surface area contributed by atoms with Crippen LogP contribution in [0.2, 0.25) is 0 Å². The maximum Gasteiger partial charge on any atom is 0.185 e. The largest absolute Gasteiger partial charge is 0.504 e. The first-order chi connectivity index (χ1) is 18.7. The number of phenols is 2. The second-order valence-corrected chi connectivity index (χ2v) is 11.1. The summed E-state index contributed by atoms with van der Waals surface area (Å²) in [6.45, 7) is 10.1. The van der Waals surface area contributed by atoms with E-state index < -0.39 is 11.0 Å². The molecule has 3 atom stereocenters. The third kappa shape index (κ3) is 6.55. The maximum atomic E-state index is 12.2. The first kappa shape index (κ1) is 35.3. The number of aromatic amines is 1. The summed E-state index contributed by atoms with van der Waals surface area (Å²) < 4.78 is 0. The molecule has 41 heavy (non-hydrogen) atoms. The monoisotopic (exact) mass is 692 g/mol. The quantitative estimate of drug-likeness (QED) is 0.0632. The van der Waals surface area contributed by atoms with E-state index in [2.05, 4.69) is 33.9 Å². The van der Waals surface area contributed by atoms with E-state index in [0.29, 0.717) is 31.5 Å². The number of aromatic hydroxyl groups is 2. The predicted molar refractivity (Wildman–Crippen MR) is 165 cm³/mol. The molecule has 1 aliphatic carbocycles. The van der Waals surface area contributed by atoms with Gasteiger partial charge in [0, 0.05) is 94.0 Å². The zero-order valence-corrected chi connectivity index (χ0v) is 28.5. The number of nitrogens with zero attached hydrogens (tertiary/aromatic N) is 2. The summed E-state index contributed by atoms with van der Waals surface area (Å²) in [6.07, 6.45) is 5.22. The Morgan fingerprint density at radius 3 is 2.44 bits per heavy atom. The van der Waals surface area contributed by atoms with Gasteiger partial charge in [-0.3, -0.25) is 9.89 Å². The molecule has 2 heterocycles. The molecule has 0 amide bonds. The van der Waals surface area contributed by atoms with Gasteiger partial charge < -0.3 is 39.2 Å². The van der Waals surface area contributed by atoms with Gasteiger partial charge in [0.05, 0.1) is 5.60 Å². The minimum atomic E-state index is -1.09. The fourth-order valence-electron chi connectivity index (χ4n) is 6.85. The molecular weight excluding hydrogens is 647 g/mol. The Kier molecular flexibility index (Phi) is 12.5. The van der Waals surface area contributed by atoms with E-state index in [1.54, 1.807) is 6.07 Å². The molecule has 224 valence electrons. The summed E-state index contributed by atoms with van der Waals surface area (Å²) in [7, 11) is 0. The van der Waals surface area contributed by atoms with Gasteiger partial charge in [-0.1, -0.05) is 51.0 Å². The van der Waals surface area contributed by atoms with Gasteiger partial charge in [-0.2, -0.15) is 0 Å². The van der Waals surface area contributed by atoms with Crippen molar-refractivity contribution in [3.8, 4) is 11.5 Å². The Labute approximate surface area is 278 Å². The molecule has 0 radical (unpaired) electrons. The Morgan fingerprint density at radius 2 is 1.76 bits per heavy atom. The van der Waals surface area contributed by atoms with Crippen LogP contribution in [0.1, 0.15) is 68.8 Å². The first-order valence-electron chi connectivity index (χ1n) is 14.3. The number of aliphatic imine (C=N–C) groups is 1. The summed E-state index contributed by atoms with van der Waals surface area (Å²) in [5.41, 5.74) is 13.9. The number of aliphatic hydroxyl groups is 1. The maximum absolute atomic E-state index is 12.2. The van der Waals surface area contributed by atoms with Gasteiger partial charge in [0.25, 0.3) is 0 Å². The van der Waals surface area contributed by atoms with E-state index in [1.807, 2.05) is 39.0 Å². The molecule has 2 aliphatic rings. The molecule has 8 nitrogen and oxygen atoms in total. The number of aromatic nitrogens is 1. The molecular formula is C32H48N5NdO3-. The van der Waals surface area contributed by atoms with Crippen molar-refractivity contribution in [2.24, 2.45) is 16.5 Å². The van der Waals surface area contributed by atoms with E-state index in [4.69, 9.17) is 11.5 Å². The summed E-state index contributed by atoms with van der Waals surface area (Å²) in [5.74, 6) is -0.109. The fraction of sp³-hybridized carbons (Fsp3) is 0.500. The molecule has 2 aromatic carbocycles. The van der Waals surface area contributed by atoms with Crippen LogP contribution in [-0.4, -0.2) is 62.4 Å². The summed E-state index contributed by atoms with van der Waals surface area (Å²) in [4.78, 5) is 10.0. The number of unbranched alkanes of at least 4 members (excludes halogenated alkanes) is 3. The molecule has 2 bridgehead atoms. The first-order valence-corrected chi connectivity index (χ1v) is 14.3. The van der Waals surface area contributed by atoms with Crippen LogP contribution in [0.3, 0.4) is 0 Å². The predicted octanol–water partition coefficient (Wildman–Crippen LogP) is 4.67. The number of aryl methyl sites for hydroxylation is 1. The van der Waals surface area contributed by atoms with Gasteiger partial charge in [0.2, 0.25) is 0 Å². The molecule has 9 heteroatoms. The Bertz CT molecular complexity index is 1330. The van der Waals surface area contributed by atoms with Crippen LogP contribution >= 0.6 is 0 Å². The van der Waals surface area contributed by atoms with Gasteiger partial charge in [-0.25, -0.2) is 0 Å². The molecule has 3 aromatic rings. The molecule has 1 aromatic heterocycles. The Hall–Kier alpha value is -1.88. The number of phenolic OH excluding ortho intramolecular Hbond substituents is 2. The van der Waals surface area contributed by atoms with E-state index in [-0.39, 0.29) is 71.8 Å². The summed E-state index contributed by atoms with van der Waals surface area (Å²) in [5, 5.41) is 35.0. The van der Waals surface area contributed by atoms with E-state index in [0.717, 1.165) is 60.0 Å². The third-order valence-electron chi connectivity index (χ3n) is 8.86. The van der Waals surface area contributed by atoms with E-state index >= 15 is 0 Å². The average Bonchev–Trinajstić information content (AvgIpc) is 3.25. The van der Waals surface area contributed by atoms with Crippen LogP contribution in [0, 0.1) is 55.2 Å². The van der Waals surface area contributed by atoms with Crippen LogP contribution in [0.5, 0.6) is 11.5 Å². The molecule has 1 fully saturated rings. The van der Waals surface area contributed by atoms with E-state index in [9.17, 15) is 15.3 Å². The van der Waals surface area contributed by atoms with Gasteiger partial charge in [0.15, 0.2) is 17.5 Å². The van der Waals surface area contributed by atoms with Gasteiger partial charge >= 0.3 is 0 Å². The van der Waals surface area contributed by atoms with Crippen molar-refractivity contribution in [1.29, 1.82) is 0 Å². The number of nitrogens with one attached hydrogen (secondary N) is 1. The molecule has 1 saturated heterocycles. The average molecular weight is 695 g/mol. The molecule has 8 N–H and O–H groups in total. The number of hydrogen-bond donors (Lipinski definition) is 6. The van der Waals surface area contributed by atoms with Crippen LogP contribution in [0.15, 0.2) is 41.4 Å². The van der Waals surface area contributed by atoms with Gasteiger partial charge in [0.1, 0.15) is 0 Å². The van der Waals surface area contributed by atoms with Crippen molar-refractivity contribution >= 4 is 16.9 Å². The zero-order chi connectivity index (χ0) is 28.4. The third-order valence-corrected chi connectivity index (χ3v) is 8.86. The Balaban J connectivity index is 0.00000144. The molecule has 3 unspecified atom stereocenters. The second-order valence-electron chi connectivity index (χ2n) is 11.1. The van der Waals surface area contributed by atoms with Crippen LogP contribution < -0.4 is 11.5 Å².